The van der Waals surface area contributed by atoms with E-state index >= 15 is 0 Å². The number of nitrogens with zero attached hydrogens (tertiary/aromatic N) is 2. The van der Waals surface area contributed by atoms with Crippen molar-refractivity contribution in [3.05, 3.63) is 24.5 Å². The van der Waals surface area contributed by atoms with Crippen LogP contribution in [-0.4, -0.2) is 30.1 Å². The van der Waals surface area contributed by atoms with E-state index in [0.29, 0.717) is 5.41 Å². The molecule has 1 heterocycles. The van der Waals surface area contributed by atoms with Crippen molar-refractivity contribution in [1.29, 1.82) is 0 Å². The van der Waals surface area contributed by atoms with E-state index in [4.69, 9.17) is 5.73 Å². The Morgan fingerprint density at radius 1 is 1.44 bits per heavy atom. The number of aromatic amines is 1. The zero-order valence-electron chi connectivity index (χ0n) is 10.8. The predicted molar refractivity (Wildman–Crippen MR) is 74.7 cm³/mol. The number of aromatic nitrogens is 2. The minimum absolute atomic E-state index is 0.345. The van der Waals surface area contributed by atoms with Crippen molar-refractivity contribution in [2.24, 2.45) is 11.1 Å². The summed E-state index contributed by atoms with van der Waals surface area (Å²) in [5.74, 6) is 0. The van der Waals surface area contributed by atoms with Crippen molar-refractivity contribution in [1.82, 2.24) is 9.97 Å². The van der Waals surface area contributed by atoms with Gasteiger partial charge in [0, 0.05) is 24.7 Å². The molecule has 96 valence electrons. The largest absolute Gasteiger partial charge is 0.374 e. The van der Waals surface area contributed by atoms with Gasteiger partial charge in [0.25, 0.3) is 0 Å². The number of anilines is 1. The van der Waals surface area contributed by atoms with Crippen molar-refractivity contribution < 1.29 is 0 Å². The molecule has 1 aromatic heterocycles. The van der Waals surface area contributed by atoms with Crippen LogP contribution in [0.25, 0.3) is 11.0 Å². The van der Waals surface area contributed by atoms with Crippen molar-refractivity contribution >= 4 is 16.7 Å². The van der Waals surface area contributed by atoms with Gasteiger partial charge in [-0.1, -0.05) is 6.42 Å². The predicted octanol–water partition coefficient (Wildman–Crippen LogP) is 2.13. The van der Waals surface area contributed by atoms with E-state index in [0.717, 1.165) is 24.1 Å². The highest BCUT2D eigenvalue weighted by atomic mass is 15.1. The Bertz CT molecular complexity index is 536. The lowest BCUT2D eigenvalue weighted by Gasteiger charge is -2.44. The first-order chi connectivity index (χ1) is 8.72. The fourth-order valence-corrected chi connectivity index (χ4v) is 2.86. The standard InChI is InChI=1S/C14H20N4/c1-18(9-14(8-15)5-2-6-14)11-3-4-12-13(7-11)17-10-16-12/h3-4,7,10H,2,5-6,8-9,15H2,1H3,(H,16,17). The molecule has 18 heavy (non-hydrogen) atoms. The molecule has 0 amide bonds. The van der Waals surface area contributed by atoms with Crippen molar-refractivity contribution in [2.75, 3.05) is 25.0 Å². The van der Waals surface area contributed by atoms with Gasteiger partial charge in [-0.2, -0.15) is 0 Å². The number of hydrogen-bond donors (Lipinski definition) is 2. The number of imidazole rings is 1. The first kappa shape index (κ1) is 11.5. The van der Waals surface area contributed by atoms with Crippen LogP contribution in [0.5, 0.6) is 0 Å². The van der Waals surface area contributed by atoms with Crippen molar-refractivity contribution in [2.45, 2.75) is 19.3 Å². The summed E-state index contributed by atoms with van der Waals surface area (Å²) in [6.45, 7) is 1.84. The van der Waals surface area contributed by atoms with Crippen LogP contribution in [0.2, 0.25) is 0 Å². The van der Waals surface area contributed by atoms with Gasteiger partial charge in [-0.05, 0) is 37.6 Å². The summed E-state index contributed by atoms with van der Waals surface area (Å²) in [6.07, 6.45) is 5.59. The molecule has 3 rings (SSSR count). The number of fused-ring (bicyclic) bond motifs is 1. The fourth-order valence-electron chi connectivity index (χ4n) is 2.86. The Hall–Kier alpha value is -1.55. The summed E-state index contributed by atoms with van der Waals surface area (Å²) < 4.78 is 0. The Morgan fingerprint density at radius 3 is 2.94 bits per heavy atom. The third kappa shape index (κ3) is 1.86. The van der Waals surface area contributed by atoms with Crippen molar-refractivity contribution in [3.8, 4) is 0 Å². The van der Waals surface area contributed by atoms with Gasteiger partial charge in [-0.3, -0.25) is 0 Å². The first-order valence-corrected chi connectivity index (χ1v) is 6.57. The van der Waals surface area contributed by atoms with E-state index in [-0.39, 0.29) is 0 Å². The zero-order valence-corrected chi connectivity index (χ0v) is 10.8. The summed E-state index contributed by atoms with van der Waals surface area (Å²) in [4.78, 5) is 9.71. The highest BCUT2D eigenvalue weighted by Gasteiger charge is 2.36. The lowest BCUT2D eigenvalue weighted by atomic mass is 9.68. The number of rotatable bonds is 4. The molecule has 0 saturated heterocycles. The molecule has 1 aromatic carbocycles. The smallest absolute Gasteiger partial charge is 0.0931 e. The SMILES string of the molecule is CN(CC1(CN)CCC1)c1ccc2nc[nH]c2c1. The number of benzene rings is 1. The highest BCUT2D eigenvalue weighted by Crippen LogP contribution is 2.41. The monoisotopic (exact) mass is 244 g/mol. The summed E-state index contributed by atoms with van der Waals surface area (Å²) in [5.41, 5.74) is 9.61. The average Bonchev–Trinajstić information content (AvgIpc) is 2.80. The third-order valence-corrected chi connectivity index (χ3v) is 4.26. The molecule has 4 nitrogen and oxygen atoms in total. The van der Waals surface area contributed by atoms with Crippen LogP contribution in [0.4, 0.5) is 5.69 Å². The van der Waals surface area contributed by atoms with E-state index in [1.807, 2.05) is 0 Å². The third-order valence-electron chi connectivity index (χ3n) is 4.26. The van der Waals surface area contributed by atoms with Gasteiger partial charge < -0.3 is 15.6 Å². The topological polar surface area (TPSA) is 57.9 Å². The number of nitrogens with two attached hydrogens (primary N) is 1. The molecule has 3 N–H and O–H groups in total. The van der Waals surface area contributed by atoms with Gasteiger partial charge in [-0.15, -0.1) is 0 Å². The second-order valence-corrected chi connectivity index (χ2v) is 5.52. The molecule has 1 fully saturated rings. The fraction of sp³-hybridized carbons (Fsp3) is 0.500. The summed E-state index contributed by atoms with van der Waals surface area (Å²) in [7, 11) is 2.15. The normalized spacial score (nSPS) is 17.7. The quantitative estimate of drug-likeness (QED) is 0.866. The Labute approximate surface area is 107 Å². The Morgan fingerprint density at radius 2 is 2.28 bits per heavy atom. The molecule has 0 radical (unpaired) electrons. The summed E-state index contributed by atoms with van der Waals surface area (Å²) in [6, 6.07) is 6.35. The van der Waals surface area contributed by atoms with Crippen LogP contribution in [0, 0.1) is 5.41 Å². The summed E-state index contributed by atoms with van der Waals surface area (Å²) >= 11 is 0. The molecular weight excluding hydrogens is 224 g/mol. The van der Waals surface area contributed by atoms with Crippen LogP contribution in [0.15, 0.2) is 24.5 Å². The molecule has 0 spiro atoms. The minimum atomic E-state index is 0.345. The number of H-pyrrole nitrogens is 1. The molecule has 0 atom stereocenters. The van der Waals surface area contributed by atoms with Crippen molar-refractivity contribution in [3.63, 3.8) is 0 Å². The van der Waals surface area contributed by atoms with Crippen LogP contribution in [0.3, 0.4) is 0 Å². The van der Waals surface area contributed by atoms with E-state index in [1.54, 1.807) is 6.33 Å². The maximum Gasteiger partial charge on any atom is 0.0931 e. The highest BCUT2D eigenvalue weighted by molar-refractivity contribution is 5.78. The summed E-state index contributed by atoms with van der Waals surface area (Å²) in [5, 5.41) is 0. The van der Waals surface area contributed by atoms with E-state index in [2.05, 4.69) is 40.1 Å². The van der Waals surface area contributed by atoms with Gasteiger partial charge in [0.05, 0.1) is 17.4 Å². The van der Waals surface area contributed by atoms with Gasteiger partial charge in [-0.25, -0.2) is 4.98 Å². The Balaban J connectivity index is 1.80. The molecule has 0 aliphatic heterocycles. The molecule has 1 aliphatic carbocycles. The van der Waals surface area contributed by atoms with Gasteiger partial charge in [0.2, 0.25) is 0 Å². The zero-order chi connectivity index (χ0) is 12.6. The van der Waals surface area contributed by atoms with Gasteiger partial charge in [0.15, 0.2) is 0 Å². The molecular formula is C14H20N4. The van der Waals surface area contributed by atoms with Crippen LogP contribution < -0.4 is 10.6 Å². The molecule has 2 aromatic rings. The lowest BCUT2D eigenvalue weighted by molar-refractivity contribution is 0.154. The maximum absolute atomic E-state index is 5.93. The lowest BCUT2D eigenvalue weighted by Crippen LogP contribution is -2.46. The second-order valence-electron chi connectivity index (χ2n) is 5.52. The number of hydrogen-bond acceptors (Lipinski definition) is 3. The van der Waals surface area contributed by atoms with Gasteiger partial charge in [0.1, 0.15) is 0 Å². The average molecular weight is 244 g/mol. The molecule has 0 unspecified atom stereocenters. The molecule has 1 saturated carbocycles. The maximum atomic E-state index is 5.93. The first-order valence-electron chi connectivity index (χ1n) is 6.57. The minimum Gasteiger partial charge on any atom is -0.374 e. The number of nitrogens with one attached hydrogen (secondary N) is 1. The molecule has 0 bridgehead atoms. The van der Waals surface area contributed by atoms with Crippen LogP contribution >= 0.6 is 0 Å². The van der Waals surface area contributed by atoms with Crippen LogP contribution in [-0.2, 0) is 0 Å². The van der Waals surface area contributed by atoms with Gasteiger partial charge >= 0.3 is 0 Å². The van der Waals surface area contributed by atoms with Crippen LogP contribution in [0.1, 0.15) is 19.3 Å². The molecule has 4 heteroatoms. The Kier molecular flexibility index (Phi) is 2.74. The molecule has 1 aliphatic rings. The van der Waals surface area contributed by atoms with E-state index < -0.39 is 0 Å². The van der Waals surface area contributed by atoms with E-state index in [9.17, 15) is 0 Å². The van der Waals surface area contributed by atoms with E-state index in [1.165, 1.54) is 24.9 Å². The second kappa shape index (κ2) is 4.28.